The molecule has 302 valence electrons. The number of carboxylic acid groups (broad SMARTS) is 1. The zero-order valence-electron chi connectivity index (χ0n) is 33.9. The SMILES string of the molecule is CCCCCCCCN(CCCCCCCC)C[C@@H]1O[C@H](c2ccc(-c3ccccc3CNC(=O)CCCC(=O)O)cc2)O[C@H](c2ccc(CO)cc2)[C@@H]1C. The third-order valence-electron chi connectivity index (χ3n) is 11.0. The van der Waals surface area contributed by atoms with Gasteiger partial charge in [-0.25, -0.2) is 0 Å². The fourth-order valence-corrected chi connectivity index (χ4v) is 7.57. The number of hydrogen-bond donors (Lipinski definition) is 3. The number of amides is 1. The summed E-state index contributed by atoms with van der Waals surface area (Å²) in [6.07, 6.45) is 15.2. The lowest BCUT2D eigenvalue weighted by atomic mass is 9.89. The van der Waals surface area contributed by atoms with Crippen molar-refractivity contribution in [1.82, 2.24) is 10.2 Å². The summed E-state index contributed by atoms with van der Waals surface area (Å²) >= 11 is 0. The molecule has 8 heteroatoms. The second-order valence-electron chi connectivity index (χ2n) is 15.5. The van der Waals surface area contributed by atoms with E-state index in [0.717, 1.165) is 53.0 Å². The molecule has 0 spiro atoms. The minimum Gasteiger partial charge on any atom is -0.481 e. The Kier molecular flexibility index (Phi) is 20.0. The molecule has 8 nitrogen and oxygen atoms in total. The number of unbranched alkanes of at least 4 members (excludes halogenated alkanes) is 10. The number of nitrogens with one attached hydrogen (secondary N) is 1. The van der Waals surface area contributed by atoms with Crippen molar-refractivity contribution in [3.05, 3.63) is 95.1 Å². The standard InChI is InChI=1S/C47H68N2O6/c1-4-6-8-10-12-16-31-49(32-17-13-11-9-7-5-2)34-43-36(3)46(39-25-23-37(35-50)24-26-39)55-47(54-43)40-29-27-38(28-30-40)42-20-15-14-19-41(42)33-48-44(51)21-18-22-45(52)53/h14-15,19-20,23-30,36,43,46-47,50H,4-13,16-18,21-22,31-35H2,1-3H3,(H,48,51)(H,52,53)/t36-,43+,46+,47+/m1/s1. The molecular weight excluding hydrogens is 689 g/mol. The molecule has 55 heavy (non-hydrogen) atoms. The minimum atomic E-state index is -0.892. The third-order valence-corrected chi connectivity index (χ3v) is 11.0. The Hall–Kier alpha value is -3.56. The van der Waals surface area contributed by atoms with Gasteiger partial charge in [-0.3, -0.25) is 9.59 Å². The van der Waals surface area contributed by atoms with Crippen molar-refractivity contribution in [3.63, 3.8) is 0 Å². The average molecular weight is 757 g/mol. The molecule has 0 radical (unpaired) electrons. The maximum atomic E-state index is 12.4. The second kappa shape index (κ2) is 24.8. The Bertz CT molecular complexity index is 1510. The summed E-state index contributed by atoms with van der Waals surface area (Å²) in [6.45, 7) is 10.2. The fraction of sp³-hybridized carbons (Fsp3) is 0.574. The smallest absolute Gasteiger partial charge is 0.303 e. The number of benzene rings is 3. The monoisotopic (exact) mass is 757 g/mol. The van der Waals surface area contributed by atoms with Gasteiger partial charge in [0.2, 0.25) is 5.91 Å². The molecule has 1 saturated heterocycles. The van der Waals surface area contributed by atoms with E-state index < -0.39 is 12.3 Å². The molecule has 3 N–H and O–H groups in total. The first kappa shape index (κ1) is 44.2. The summed E-state index contributed by atoms with van der Waals surface area (Å²) in [5.74, 6) is -0.921. The first-order valence-corrected chi connectivity index (χ1v) is 21.2. The number of aliphatic hydroxyl groups is 1. The lowest BCUT2D eigenvalue weighted by Gasteiger charge is -2.43. The molecule has 1 heterocycles. The number of rotatable bonds is 26. The maximum Gasteiger partial charge on any atom is 0.303 e. The van der Waals surface area contributed by atoms with Gasteiger partial charge >= 0.3 is 5.97 Å². The van der Waals surface area contributed by atoms with Crippen molar-refractivity contribution in [1.29, 1.82) is 0 Å². The second-order valence-corrected chi connectivity index (χ2v) is 15.5. The molecule has 4 rings (SSSR count). The van der Waals surface area contributed by atoms with E-state index in [0.29, 0.717) is 13.0 Å². The number of carboxylic acids is 1. The summed E-state index contributed by atoms with van der Waals surface area (Å²) in [4.78, 5) is 25.9. The molecular formula is C47H68N2O6. The van der Waals surface area contributed by atoms with Crippen LogP contribution >= 0.6 is 0 Å². The van der Waals surface area contributed by atoms with E-state index in [4.69, 9.17) is 14.6 Å². The molecule has 0 aliphatic carbocycles. The van der Waals surface area contributed by atoms with Crippen LogP contribution in [0, 0.1) is 5.92 Å². The summed E-state index contributed by atoms with van der Waals surface area (Å²) in [7, 11) is 0. The normalized spacial score (nSPS) is 18.4. The van der Waals surface area contributed by atoms with Crippen LogP contribution in [-0.2, 0) is 32.2 Å². The van der Waals surface area contributed by atoms with Crippen LogP contribution in [0.25, 0.3) is 11.1 Å². The van der Waals surface area contributed by atoms with Gasteiger partial charge in [0.05, 0.1) is 18.8 Å². The Morgan fingerprint density at radius 1 is 0.709 bits per heavy atom. The van der Waals surface area contributed by atoms with Gasteiger partial charge < -0.3 is 29.9 Å². The molecule has 1 amide bonds. The molecule has 1 fully saturated rings. The molecule has 4 atom stereocenters. The van der Waals surface area contributed by atoms with E-state index in [9.17, 15) is 14.7 Å². The predicted molar refractivity (Wildman–Crippen MR) is 221 cm³/mol. The first-order valence-electron chi connectivity index (χ1n) is 21.2. The van der Waals surface area contributed by atoms with E-state index >= 15 is 0 Å². The van der Waals surface area contributed by atoms with Crippen LogP contribution in [0.3, 0.4) is 0 Å². The van der Waals surface area contributed by atoms with Gasteiger partial charge in [0.15, 0.2) is 6.29 Å². The molecule has 3 aromatic rings. The van der Waals surface area contributed by atoms with Gasteiger partial charge in [0, 0.05) is 37.4 Å². The number of hydrogen-bond acceptors (Lipinski definition) is 6. The summed E-state index contributed by atoms with van der Waals surface area (Å²) in [5.41, 5.74) is 5.98. The van der Waals surface area contributed by atoms with Crippen molar-refractivity contribution < 1.29 is 29.3 Å². The number of aliphatic hydroxyl groups excluding tert-OH is 1. The van der Waals surface area contributed by atoms with Crippen LogP contribution in [0.15, 0.2) is 72.8 Å². The van der Waals surface area contributed by atoms with Crippen LogP contribution < -0.4 is 5.32 Å². The zero-order valence-corrected chi connectivity index (χ0v) is 33.9. The fourth-order valence-electron chi connectivity index (χ4n) is 7.57. The topological polar surface area (TPSA) is 108 Å². The predicted octanol–water partition coefficient (Wildman–Crippen LogP) is 10.5. The maximum absolute atomic E-state index is 12.4. The van der Waals surface area contributed by atoms with E-state index in [1.54, 1.807) is 0 Å². The van der Waals surface area contributed by atoms with Crippen molar-refractivity contribution in [3.8, 4) is 11.1 Å². The number of nitrogens with zero attached hydrogens (tertiary/aromatic N) is 1. The average Bonchev–Trinajstić information content (AvgIpc) is 3.20. The van der Waals surface area contributed by atoms with Gasteiger partial charge in [-0.2, -0.15) is 0 Å². The molecule has 3 aromatic carbocycles. The highest BCUT2D eigenvalue weighted by Gasteiger charge is 2.39. The summed E-state index contributed by atoms with van der Waals surface area (Å²) in [6, 6.07) is 24.5. The highest BCUT2D eigenvalue weighted by molar-refractivity contribution is 5.77. The summed E-state index contributed by atoms with van der Waals surface area (Å²) < 4.78 is 13.7. The summed E-state index contributed by atoms with van der Waals surface area (Å²) in [5, 5.41) is 21.6. The van der Waals surface area contributed by atoms with Crippen LogP contribution in [0.1, 0.15) is 152 Å². The quantitative estimate of drug-likeness (QED) is 0.0700. The van der Waals surface area contributed by atoms with Crippen molar-refractivity contribution in [2.24, 2.45) is 5.92 Å². The van der Waals surface area contributed by atoms with Crippen LogP contribution in [0.5, 0.6) is 0 Å². The van der Waals surface area contributed by atoms with E-state index in [-0.39, 0.29) is 43.5 Å². The van der Waals surface area contributed by atoms with E-state index in [1.807, 2.05) is 30.3 Å². The van der Waals surface area contributed by atoms with Gasteiger partial charge in [0.1, 0.15) is 0 Å². The first-order chi connectivity index (χ1) is 26.8. The zero-order chi connectivity index (χ0) is 39.3. The highest BCUT2D eigenvalue weighted by Crippen LogP contribution is 2.42. The minimum absolute atomic E-state index is 0.0101. The van der Waals surface area contributed by atoms with Gasteiger partial charge in [-0.1, -0.05) is 158 Å². The number of carbonyl (C=O) groups excluding carboxylic acids is 1. The number of aliphatic carboxylic acids is 1. The molecule has 0 saturated carbocycles. The Labute approximate surface area is 331 Å². The van der Waals surface area contributed by atoms with Gasteiger partial charge in [-0.05, 0) is 60.2 Å². The Balaban J connectivity index is 1.50. The van der Waals surface area contributed by atoms with Gasteiger partial charge in [0.25, 0.3) is 0 Å². The van der Waals surface area contributed by atoms with E-state index in [1.165, 1.54) is 77.0 Å². The Morgan fingerprint density at radius 3 is 1.93 bits per heavy atom. The lowest BCUT2D eigenvalue weighted by Crippen LogP contribution is -2.45. The van der Waals surface area contributed by atoms with Crippen LogP contribution in [-0.4, -0.2) is 52.7 Å². The van der Waals surface area contributed by atoms with Crippen LogP contribution in [0.4, 0.5) is 0 Å². The Morgan fingerprint density at radius 2 is 1.31 bits per heavy atom. The molecule has 0 unspecified atom stereocenters. The number of carbonyl (C=O) groups is 2. The largest absolute Gasteiger partial charge is 0.481 e. The molecule has 0 aromatic heterocycles. The third kappa shape index (κ3) is 15.1. The van der Waals surface area contributed by atoms with Crippen molar-refractivity contribution in [2.75, 3.05) is 19.6 Å². The number of ether oxygens (including phenoxy) is 2. The molecule has 1 aliphatic heterocycles. The van der Waals surface area contributed by atoms with Gasteiger partial charge in [-0.15, -0.1) is 0 Å². The van der Waals surface area contributed by atoms with Crippen LogP contribution in [0.2, 0.25) is 0 Å². The highest BCUT2D eigenvalue weighted by atomic mass is 16.7. The molecule has 0 bridgehead atoms. The van der Waals surface area contributed by atoms with Crippen molar-refractivity contribution >= 4 is 11.9 Å². The van der Waals surface area contributed by atoms with E-state index in [2.05, 4.69) is 73.5 Å². The van der Waals surface area contributed by atoms with Crippen molar-refractivity contribution in [2.45, 2.75) is 149 Å². The molecule has 1 aliphatic rings. The lowest BCUT2D eigenvalue weighted by molar-refractivity contribution is -0.276.